The Morgan fingerprint density at radius 3 is 2.61 bits per heavy atom. The number of hydrogen-bond donors (Lipinski definition) is 1. The highest BCUT2D eigenvalue weighted by molar-refractivity contribution is 5.97. The minimum Gasteiger partial charge on any atom is -0.378 e. The van der Waals surface area contributed by atoms with Crippen molar-refractivity contribution in [2.24, 2.45) is 0 Å². The Balaban J connectivity index is 1.68. The molecule has 2 heterocycles. The molecule has 1 fully saturated rings. The maximum atomic E-state index is 13.2. The van der Waals surface area contributed by atoms with Gasteiger partial charge >= 0.3 is 0 Å². The molecule has 6 heteroatoms. The lowest BCUT2D eigenvalue weighted by Crippen LogP contribution is -2.36. The van der Waals surface area contributed by atoms with Crippen LogP contribution in [-0.4, -0.2) is 36.8 Å². The van der Waals surface area contributed by atoms with Gasteiger partial charge in [-0.3, -0.25) is 9.59 Å². The monoisotopic (exact) mass is 419 g/mol. The summed E-state index contributed by atoms with van der Waals surface area (Å²) in [5, 5.41) is 3.48. The number of carbonyl (C=O) groups excluding carboxylic acids is 1. The van der Waals surface area contributed by atoms with Crippen LogP contribution in [0.3, 0.4) is 0 Å². The summed E-state index contributed by atoms with van der Waals surface area (Å²) >= 11 is 0. The number of anilines is 1. The van der Waals surface area contributed by atoms with Crippen LogP contribution in [0.1, 0.15) is 35.7 Å². The summed E-state index contributed by atoms with van der Waals surface area (Å²) < 4.78 is 7.52. The second kappa shape index (κ2) is 9.79. The SMILES string of the molecule is CCCCn1cc(C(=O)NCc2ccccc2)c(=O)c2ccc(N3CCOCC3)cc21. The van der Waals surface area contributed by atoms with E-state index in [4.69, 9.17) is 4.74 Å². The van der Waals surface area contributed by atoms with Crippen LogP contribution < -0.4 is 15.6 Å². The highest BCUT2D eigenvalue weighted by Gasteiger charge is 2.18. The lowest BCUT2D eigenvalue weighted by atomic mass is 10.1. The zero-order valence-electron chi connectivity index (χ0n) is 18.0. The Hall–Kier alpha value is -3.12. The van der Waals surface area contributed by atoms with Gasteiger partial charge in [0.1, 0.15) is 5.56 Å². The number of carbonyl (C=O) groups is 1. The number of nitrogens with one attached hydrogen (secondary N) is 1. The highest BCUT2D eigenvalue weighted by atomic mass is 16.5. The van der Waals surface area contributed by atoms with Crippen molar-refractivity contribution in [1.82, 2.24) is 9.88 Å². The molecular formula is C25H29N3O3. The van der Waals surface area contributed by atoms with Crippen molar-refractivity contribution in [3.05, 3.63) is 76.1 Å². The zero-order valence-corrected chi connectivity index (χ0v) is 18.0. The molecule has 31 heavy (non-hydrogen) atoms. The topological polar surface area (TPSA) is 63.6 Å². The Labute approximate surface area is 182 Å². The third-order valence-corrected chi connectivity index (χ3v) is 5.73. The molecule has 1 saturated heterocycles. The average molecular weight is 420 g/mol. The second-order valence-electron chi connectivity index (χ2n) is 7.89. The van der Waals surface area contributed by atoms with E-state index in [1.54, 1.807) is 6.20 Å². The van der Waals surface area contributed by atoms with Gasteiger partial charge in [-0.15, -0.1) is 0 Å². The number of hydrogen-bond acceptors (Lipinski definition) is 4. The standard InChI is InChI=1S/C25H29N3O3/c1-2-3-11-28-18-22(25(30)26-17-19-7-5-4-6-8-19)24(29)21-10-9-20(16-23(21)28)27-12-14-31-15-13-27/h4-10,16,18H,2-3,11-15,17H2,1H3,(H,26,30). The molecule has 1 amide bonds. The van der Waals surface area contributed by atoms with E-state index in [9.17, 15) is 9.59 Å². The number of fused-ring (bicyclic) bond motifs is 1. The maximum Gasteiger partial charge on any atom is 0.257 e. The van der Waals surface area contributed by atoms with E-state index in [1.807, 2.05) is 42.5 Å². The summed E-state index contributed by atoms with van der Waals surface area (Å²) in [5.74, 6) is -0.335. The number of aryl methyl sites for hydroxylation is 1. The molecule has 2 aromatic carbocycles. The van der Waals surface area contributed by atoms with Crippen molar-refractivity contribution in [3.8, 4) is 0 Å². The molecule has 1 aliphatic rings. The molecular weight excluding hydrogens is 390 g/mol. The number of benzene rings is 2. The van der Waals surface area contributed by atoms with Crippen LogP contribution in [0, 0.1) is 0 Å². The zero-order chi connectivity index (χ0) is 21.6. The van der Waals surface area contributed by atoms with Gasteiger partial charge in [0.15, 0.2) is 0 Å². The summed E-state index contributed by atoms with van der Waals surface area (Å²) in [4.78, 5) is 28.3. The van der Waals surface area contributed by atoms with E-state index in [0.29, 0.717) is 25.1 Å². The molecule has 4 rings (SSSR count). The normalized spacial score (nSPS) is 14.0. The Morgan fingerprint density at radius 1 is 1.10 bits per heavy atom. The Bertz CT molecular complexity index is 1100. The lowest BCUT2D eigenvalue weighted by molar-refractivity contribution is 0.0949. The number of pyridine rings is 1. The van der Waals surface area contributed by atoms with Gasteiger partial charge in [0.2, 0.25) is 5.43 Å². The van der Waals surface area contributed by atoms with E-state index < -0.39 is 0 Å². The molecule has 0 saturated carbocycles. The van der Waals surface area contributed by atoms with Crippen molar-refractivity contribution in [1.29, 1.82) is 0 Å². The number of rotatable bonds is 7. The Morgan fingerprint density at radius 2 is 1.87 bits per heavy atom. The van der Waals surface area contributed by atoms with Crippen LogP contribution in [-0.2, 0) is 17.8 Å². The first-order valence-corrected chi connectivity index (χ1v) is 11.0. The van der Waals surface area contributed by atoms with Crippen LogP contribution >= 0.6 is 0 Å². The number of nitrogens with zero attached hydrogens (tertiary/aromatic N) is 2. The average Bonchev–Trinajstić information content (AvgIpc) is 2.83. The van der Waals surface area contributed by atoms with E-state index in [2.05, 4.69) is 27.8 Å². The Kier molecular flexibility index (Phi) is 6.67. The largest absolute Gasteiger partial charge is 0.378 e. The molecule has 1 aromatic heterocycles. The first-order chi connectivity index (χ1) is 15.2. The number of unbranched alkanes of at least 4 members (excludes halogenated alkanes) is 1. The second-order valence-corrected chi connectivity index (χ2v) is 7.89. The molecule has 162 valence electrons. The number of aromatic nitrogens is 1. The molecule has 6 nitrogen and oxygen atoms in total. The van der Waals surface area contributed by atoms with Crippen molar-refractivity contribution >= 4 is 22.5 Å². The van der Waals surface area contributed by atoms with Crippen LogP contribution in [0.5, 0.6) is 0 Å². The minimum atomic E-state index is -0.335. The minimum absolute atomic E-state index is 0.193. The molecule has 0 atom stereocenters. The van der Waals surface area contributed by atoms with Crippen LogP contribution in [0.4, 0.5) is 5.69 Å². The fraction of sp³-hybridized carbons (Fsp3) is 0.360. The van der Waals surface area contributed by atoms with Gasteiger partial charge in [0, 0.05) is 43.4 Å². The van der Waals surface area contributed by atoms with Crippen molar-refractivity contribution in [2.45, 2.75) is 32.9 Å². The fourth-order valence-electron chi connectivity index (χ4n) is 3.95. The quantitative estimate of drug-likeness (QED) is 0.636. The molecule has 0 aliphatic carbocycles. The molecule has 0 bridgehead atoms. The van der Waals surface area contributed by atoms with Crippen LogP contribution in [0.15, 0.2) is 59.5 Å². The smallest absolute Gasteiger partial charge is 0.257 e. The van der Waals surface area contributed by atoms with Gasteiger partial charge in [-0.2, -0.15) is 0 Å². The van der Waals surface area contributed by atoms with Gasteiger partial charge in [0.05, 0.1) is 18.7 Å². The molecule has 1 N–H and O–H groups in total. The predicted molar refractivity (Wildman–Crippen MR) is 124 cm³/mol. The first kappa shape index (κ1) is 21.1. The van der Waals surface area contributed by atoms with Crippen molar-refractivity contribution < 1.29 is 9.53 Å². The molecule has 3 aromatic rings. The van der Waals surface area contributed by atoms with Crippen LogP contribution in [0.25, 0.3) is 10.9 Å². The number of amides is 1. The summed E-state index contributed by atoms with van der Waals surface area (Å²) in [6, 6.07) is 15.6. The maximum absolute atomic E-state index is 13.2. The number of ether oxygens (including phenoxy) is 1. The van der Waals surface area contributed by atoms with E-state index in [0.717, 1.165) is 49.2 Å². The summed E-state index contributed by atoms with van der Waals surface area (Å²) in [6.45, 7) is 6.38. The fourth-order valence-corrected chi connectivity index (χ4v) is 3.95. The summed E-state index contributed by atoms with van der Waals surface area (Å²) in [7, 11) is 0. The van der Waals surface area contributed by atoms with Crippen molar-refractivity contribution in [3.63, 3.8) is 0 Å². The first-order valence-electron chi connectivity index (χ1n) is 11.0. The molecule has 0 spiro atoms. The van der Waals surface area contributed by atoms with Gasteiger partial charge in [-0.1, -0.05) is 43.7 Å². The van der Waals surface area contributed by atoms with Gasteiger partial charge < -0.3 is 19.5 Å². The van der Waals surface area contributed by atoms with Gasteiger partial charge in [0.25, 0.3) is 5.91 Å². The van der Waals surface area contributed by atoms with Crippen LogP contribution in [0.2, 0.25) is 0 Å². The molecule has 0 radical (unpaired) electrons. The van der Waals surface area contributed by atoms with Gasteiger partial charge in [-0.05, 0) is 30.2 Å². The van der Waals surface area contributed by atoms with Crippen molar-refractivity contribution in [2.75, 3.05) is 31.2 Å². The lowest BCUT2D eigenvalue weighted by Gasteiger charge is -2.29. The third kappa shape index (κ3) is 4.80. The molecule has 0 unspecified atom stereocenters. The summed E-state index contributed by atoms with van der Waals surface area (Å²) in [6.07, 6.45) is 3.74. The predicted octanol–water partition coefficient (Wildman–Crippen LogP) is 3.57. The van der Waals surface area contributed by atoms with E-state index in [1.165, 1.54) is 0 Å². The number of morpholine rings is 1. The molecule has 1 aliphatic heterocycles. The van der Waals surface area contributed by atoms with Gasteiger partial charge in [-0.25, -0.2) is 0 Å². The van der Waals surface area contributed by atoms with E-state index >= 15 is 0 Å². The summed E-state index contributed by atoms with van der Waals surface area (Å²) in [5.41, 5.74) is 2.93. The highest BCUT2D eigenvalue weighted by Crippen LogP contribution is 2.22. The third-order valence-electron chi connectivity index (χ3n) is 5.73. The van der Waals surface area contributed by atoms with E-state index in [-0.39, 0.29) is 16.9 Å².